The molecule has 0 aliphatic carbocycles. The highest BCUT2D eigenvalue weighted by Gasteiger charge is 2.22. The average Bonchev–Trinajstić information content (AvgIpc) is 3.22. The topological polar surface area (TPSA) is 75.4 Å². The minimum absolute atomic E-state index is 0.0661. The Morgan fingerprint density at radius 2 is 1.82 bits per heavy atom. The molecule has 2 aromatic heterocycles. The molecular formula is C20H20FN5O2. The van der Waals surface area contributed by atoms with Crippen molar-refractivity contribution < 1.29 is 13.6 Å². The summed E-state index contributed by atoms with van der Waals surface area (Å²) < 4.78 is 18.7. The van der Waals surface area contributed by atoms with Gasteiger partial charge in [-0.25, -0.2) is 4.39 Å². The number of aromatic nitrogens is 3. The number of nitrogens with zero attached hydrogens (tertiary/aromatic N) is 5. The number of benzene rings is 1. The summed E-state index contributed by atoms with van der Waals surface area (Å²) >= 11 is 0. The van der Waals surface area contributed by atoms with Crippen LogP contribution in [0.15, 0.2) is 53.1 Å². The molecule has 1 aliphatic heterocycles. The van der Waals surface area contributed by atoms with E-state index in [9.17, 15) is 9.18 Å². The molecule has 0 spiro atoms. The molecule has 0 saturated carbocycles. The van der Waals surface area contributed by atoms with Crippen LogP contribution in [0.3, 0.4) is 0 Å². The maximum absolute atomic E-state index is 13.1. The molecule has 0 radical (unpaired) electrons. The first-order chi connectivity index (χ1) is 13.7. The van der Waals surface area contributed by atoms with Crippen LogP contribution < -0.4 is 4.90 Å². The fourth-order valence-electron chi connectivity index (χ4n) is 3.19. The summed E-state index contributed by atoms with van der Waals surface area (Å²) in [5.74, 6) is 0.607. The lowest BCUT2D eigenvalue weighted by Gasteiger charge is -2.36. The summed E-state index contributed by atoms with van der Waals surface area (Å²) in [4.78, 5) is 20.7. The maximum atomic E-state index is 13.1. The molecule has 3 heterocycles. The molecule has 0 unspecified atom stereocenters. The zero-order valence-corrected chi connectivity index (χ0v) is 15.3. The second kappa shape index (κ2) is 8.16. The predicted octanol–water partition coefficient (Wildman–Crippen LogP) is 2.55. The van der Waals surface area contributed by atoms with Crippen molar-refractivity contribution in [3.63, 3.8) is 0 Å². The van der Waals surface area contributed by atoms with E-state index in [1.165, 1.54) is 12.1 Å². The number of rotatable bonds is 5. The number of piperazine rings is 1. The number of carbonyl (C=O) groups excluding carboxylic acids is 1. The van der Waals surface area contributed by atoms with Crippen molar-refractivity contribution in [3.8, 4) is 11.6 Å². The van der Waals surface area contributed by atoms with Crippen molar-refractivity contribution in [1.82, 2.24) is 20.1 Å². The van der Waals surface area contributed by atoms with E-state index in [1.807, 2.05) is 17.0 Å². The molecule has 144 valence electrons. The molecule has 0 atom stereocenters. The molecule has 1 aromatic carbocycles. The van der Waals surface area contributed by atoms with Gasteiger partial charge in [-0.2, -0.15) is 0 Å². The highest BCUT2D eigenvalue weighted by molar-refractivity contribution is 5.76. The quantitative estimate of drug-likeness (QED) is 0.676. The van der Waals surface area contributed by atoms with E-state index in [0.717, 1.165) is 18.8 Å². The zero-order valence-electron chi connectivity index (χ0n) is 15.3. The van der Waals surface area contributed by atoms with Crippen LogP contribution in [0.5, 0.6) is 0 Å². The summed E-state index contributed by atoms with van der Waals surface area (Å²) in [5.41, 5.74) is 1.59. The Balaban J connectivity index is 1.27. The van der Waals surface area contributed by atoms with Gasteiger partial charge in [-0.15, -0.1) is 10.2 Å². The Morgan fingerprint density at radius 1 is 1.04 bits per heavy atom. The third kappa shape index (κ3) is 4.16. The number of carbonyl (C=O) groups is 1. The number of halogens is 1. The number of amides is 1. The molecule has 8 heteroatoms. The fraction of sp³-hybridized carbons (Fsp3) is 0.300. The van der Waals surface area contributed by atoms with Gasteiger partial charge in [-0.1, -0.05) is 6.07 Å². The number of hydrogen-bond acceptors (Lipinski definition) is 6. The molecule has 0 bridgehead atoms. The summed E-state index contributed by atoms with van der Waals surface area (Å²) in [5, 5.41) is 7.99. The van der Waals surface area contributed by atoms with Crippen LogP contribution in [0.25, 0.3) is 11.6 Å². The molecular weight excluding hydrogens is 361 g/mol. The number of anilines is 1. The van der Waals surface area contributed by atoms with E-state index in [1.54, 1.807) is 24.4 Å². The molecule has 28 heavy (non-hydrogen) atoms. The minimum Gasteiger partial charge on any atom is -0.419 e. The van der Waals surface area contributed by atoms with Crippen molar-refractivity contribution in [1.29, 1.82) is 0 Å². The Bertz CT molecular complexity index is 921. The molecule has 3 aromatic rings. The number of pyridine rings is 1. The summed E-state index contributed by atoms with van der Waals surface area (Å²) in [6, 6.07) is 11.9. The van der Waals surface area contributed by atoms with Crippen LogP contribution in [-0.4, -0.2) is 52.2 Å². The molecule has 0 N–H and O–H groups in total. The Labute approximate surface area is 161 Å². The first-order valence-corrected chi connectivity index (χ1v) is 9.21. The lowest BCUT2D eigenvalue weighted by atomic mass is 10.2. The van der Waals surface area contributed by atoms with E-state index in [-0.39, 0.29) is 11.7 Å². The highest BCUT2D eigenvalue weighted by Crippen LogP contribution is 2.18. The van der Waals surface area contributed by atoms with Crippen molar-refractivity contribution in [2.45, 2.75) is 12.8 Å². The van der Waals surface area contributed by atoms with Crippen LogP contribution >= 0.6 is 0 Å². The minimum atomic E-state index is -0.246. The Morgan fingerprint density at radius 3 is 2.54 bits per heavy atom. The molecule has 7 nitrogen and oxygen atoms in total. The fourth-order valence-corrected chi connectivity index (χ4v) is 3.19. The highest BCUT2D eigenvalue weighted by atomic mass is 19.1. The van der Waals surface area contributed by atoms with Gasteiger partial charge in [-0.3, -0.25) is 9.78 Å². The monoisotopic (exact) mass is 381 g/mol. The Hall–Kier alpha value is -3.29. The van der Waals surface area contributed by atoms with Crippen LogP contribution in [0, 0.1) is 5.82 Å². The van der Waals surface area contributed by atoms with Gasteiger partial charge in [0.2, 0.25) is 11.8 Å². The van der Waals surface area contributed by atoms with E-state index < -0.39 is 0 Å². The summed E-state index contributed by atoms with van der Waals surface area (Å²) in [6.45, 7) is 2.72. The normalized spacial score (nSPS) is 14.3. The van der Waals surface area contributed by atoms with Gasteiger partial charge in [0, 0.05) is 50.9 Å². The predicted molar refractivity (Wildman–Crippen MR) is 101 cm³/mol. The van der Waals surface area contributed by atoms with Crippen LogP contribution in [0.1, 0.15) is 12.3 Å². The van der Waals surface area contributed by atoms with Gasteiger partial charge in [0.25, 0.3) is 5.89 Å². The van der Waals surface area contributed by atoms with Crippen molar-refractivity contribution in [2.24, 2.45) is 0 Å². The van der Waals surface area contributed by atoms with E-state index >= 15 is 0 Å². The standard InChI is InChI=1S/C20H20FN5O2/c21-15-4-6-16(7-5-15)25-11-13-26(14-12-25)19(27)9-8-18-23-24-20(28-18)17-3-1-2-10-22-17/h1-7,10H,8-9,11-14H2. The van der Waals surface area contributed by atoms with Crippen LogP contribution in [-0.2, 0) is 11.2 Å². The second-order valence-corrected chi connectivity index (χ2v) is 6.56. The maximum Gasteiger partial charge on any atom is 0.266 e. The zero-order chi connectivity index (χ0) is 19.3. The van der Waals surface area contributed by atoms with Crippen molar-refractivity contribution in [3.05, 3.63) is 60.4 Å². The van der Waals surface area contributed by atoms with Crippen LogP contribution in [0.2, 0.25) is 0 Å². The van der Waals surface area contributed by atoms with Gasteiger partial charge in [0.15, 0.2) is 0 Å². The smallest absolute Gasteiger partial charge is 0.266 e. The first-order valence-electron chi connectivity index (χ1n) is 9.21. The third-order valence-corrected chi connectivity index (χ3v) is 4.73. The summed E-state index contributed by atoms with van der Waals surface area (Å²) in [6.07, 6.45) is 2.38. The van der Waals surface area contributed by atoms with Gasteiger partial charge >= 0.3 is 0 Å². The molecule has 1 saturated heterocycles. The van der Waals surface area contributed by atoms with Crippen LogP contribution in [0.4, 0.5) is 10.1 Å². The van der Waals surface area contributed by atoms with E-state index in [2.05, 4.69) is 20.1 Å². The van der Waals surface area contributed by atoms with Crippen molar-refractivity contribution in [2.75, 3.05) is 31.1 Å². The van der Waals surface area contributed by atoms with Gasteiger partial charge in [0.1, 0.15) is 11.5 Å². The van der Waals surface area contributed by atoms with Gasteiger partial charge < -0.3 is 14.2 Å². The molecule has 1 fully saturated rings. The van der Waals surface area contributed by atoms with Gasteiger partial charge in [0.05, 0.1) is 0 Å². The third-order valence-electron chi connectivity index (χ3n) is 4.73. The average molecular weight is 381 g/mol. The second-order valence-electron chi connectivity index (χ2n) is 6.56. The van der Waals surface area contributed by atoms with Crippen molar-refractivity contribution >= 4 is 11.6 Å². The van der Waals surface area contributed by atoms with Gasteiger partial charge in [-0.05, 0) is 36.4 Å². The van der Waals surface area contributed by atoms with E-state index in [4.69, 9.17) is 4.42 Å². The molecule has 1 aliphatic rings. The SMILES string of the molecule is O=C(CCc1nnc(-c2ccccn2)o1)N1CCN(c2ccc(F)cc2)CC1. The number of hydrogen-bond donors (Lipinski definition) is 0. The molecule has 4 rings (SSSR count). The Kier molecular flexibility index (Phi) is 5.27. The first kappa shape index (κ1) is 18.1. The van der Waals surface area contributed by atoms with E-state index in [0.29, 0.717) is 43.4 Å². The largest absolute Gasteiger partial charge is 0.419 e. The lowest BCUT2D eigenvalue weighted by Crippen LogP contribution is -2.48. The summed E-state index contributed by atoms with van der Waals surface area (Å²) in [7, 11) is 0. The number of aryl methyl sites for hydroxylation is 1. The lowest BCUT2D eigenvalue weighted by molar-refractivity contribution is -0.131. The molecule has 1 amide bonds.